The summed E-state index contributed by atoms with van der Waals surface area (Å²) in [7, 11) is -4.43. The molecule has 0 saturated carbocycles. The number of hydrogen-bond acceptors (Lipinski definition) is 8. The Morgan fingerprint density at radius 1 is 0.448 bits per heavy atom. The fourth-order valence-electron chi connectivity index (χ4n) is 5.55. The fraction of sp³-hybridized carbons (Fsp3) is 0.474. The summed E-state index contributed by atoms with van der Waals surface area (Å²) in [5.74, 6) is -0.987. The van der Waals surface area contributed by atoms with Crippen LogP contribution in [0.5, 0.6) is 0 Å². The lowest BCUT2D eigenvalue weighted by atomic mass is 10.2. The predicted octanol–water partition coefficient (Wildman–Crippen LogP) is 15.2. The van der Waals surface area contributed by atoms with Crippen LogP contribution >= 0.6 is 7.82 Å². The zero-order valence-corrected chi connectivity index (χ0v) is 41.9. The highest BCUT2D eigenvalue weighted by atomic mass is 31.2. The number of esters is 2. The second-order valence-corrected chi connectivity index (χ2v) is 16.7. The van der Waals surface area contributed by atoms with Crippen molar-refractivity contribution in [3.8, 4) is 0 Å². The van der Waals surface area contributed by atoms with Crippen LogP contribution in [0, 0.1) is 0 Å². The summed E-state index contributed by atoms with van der Waals surface area (Å²) in [6.07, 6.45) is 75.5. The average Bonchev–Trinajstić information content (AvgIpc) is 3.32. The maximum atomic E-state index is 12.6. The molecule has 0 aliphatic heterocycles. The molecule has 67 heavy (non-hydrogen) atoms. The first-order valence-corrected chi connectivity index (χ1v) is 26.1. The van der Waals surface area contributed by atoms with Crippen molar-refractivity contribution in [2.24, 2.45) is 5.73 Å². The lowest BCUT2D eigenvalue weighted by molar-refractivity contribution is -0.161. The number of unbranched alkanes of at least 4 members (excludes halogenated alkanes) is 2. The second-order valence-electron chi connectivity index (χ2n) is 15.2. The summed E-state index contributed by atoms with van der Waals surface area (Å²) < 4.78 is 32.7. The molecule has 0 aliphatic carbocycles. The van der Waals surface area contributed by atoms with Crippen molar-refractivity contribution in [3.05, 3.63) is 170 Å². The molecule has 0 fully saturated rings. The Morgan fingerprint density at radius 3 is 1.06 bits per heavy atom. The van der Waals surface area contributed by atoms with E-state index >= 15 is 0 Å². The molecule has 0 amide bonds. The predicted molar refractivity (Wildman–Crippen MR) is 283 cm³/mol. The van der Waals surface area contributed by atoms with E-state index in [9.17, 15) is 19.0 Å². The Bertz CT molecular complexity index is 1690. The lowest BCUT2D eigenvalue weighted by Gasteiger charge is -2.19. The van der Waals surface area contributed by atoms with Crippen LogP contribution in [0.1, 0.15) is 142 Å². The van der Waals surface area contributed by atoms with Crippen LogP contribution in [0.3, 0.4) is 0 Å². The normalized spacial score (nSPS) is 14.6. The Morgan fingerprint density at radius 2 is 0.746 bits per heavy atom. The minimum atomic E-state index is -4.43. The van der Waals surface area contributed by atoms with E-state index in [4.69, 9.17) is 24.3 Å². The first-order chi connectivity index (χ1) is 32.8. The van der Waals surface area contributed by atoms with E-state index in [0.29, 0.717) is 25.7 Å². The van der Waals surface area contributed by atoms with E-state index in [1.54, 1.807) is 0 Å². The van der Waals surface area contributed by atoms with Crippen molar-refractivity contribution < 1.29 is 37.6 Å². The molecule has 0 saturated heterocycles. The number of carbonyl (C=O) groups excluding carboxylic acids is 2. The Labute approximate surface area is 406 Å². The van der Waals surface area contributed by atoms with Crippen molar-refractivity contribution in [2.75, 3.05) is 26.4 Å². The van der Waals surface area contributed by atoms with Gasteiger partial charge in [-0.05, 0) is 116 Å². The van der Waals surface area contributed by atoms with E-state index in [0.717, 1.165) is 89.9 Å². The van der Waals surface area contributed by atoms with E-state index in [1.807, 2.05) is 12.2 Å². The van der Waals surface area contributed by atoms with Gasteiger partial charge in [-0.25, -0.2) is 4.57 Å². The number of nitrogens with two attached hydrogens (primary N) is 1. The van der Waals surface area contributed by atoms with Crippen LogP contribution in [0.25, 0.3) is 0 Å². The highest BCUT2D eigenvalue weighted by Gasteiger charge is 2.25. The van der Waals surface area contributed by atoms with Gasteiger partial charge in [-0.2, -0.15) is 0 Å². The van der Waals surface area contributed by atoms with Crippen LogP contribution in [-0.4, -0.2) is 49.3 Å². The molecular weight excluding hydrogens is 858 g/mol. The Hall–Kier alpha value is -4.63. The van der Waals surface area contributed by atoms with Gasteiger partial charge in [0.05, 0.1) is 13.2 Å². The summed E-state index contributed by atoms with van der Waals surface area (Å²) in [6.45, 7) is 3.33. The van der Waals surface area contributed by atoms with Crippen LogP contribution in [0.15, 0.2) is 170 Å². The standard InChI is InChI=1S/C57H86NO8P/c1-3-5-7-9-11-13-15-17-19-21-22-23-24-25-26-27-28-29-30-31-32-34-36-38-40-42-44-46-48-50-57(60)66-55(54-65-67(61,62)64-52-51-58)53-63-56(59)49-47-45-43-41-39-37-35-33-20-18-16-14-12-10-8-6-4-2/h5-8,11-14,17-20,22-23,25-26,28-29,31-32,35-38,41-44,55H,3-4,9-10,15-16,21,24,27,30,33-34,39-40,45-54,58H2,1-2H3,(H,61,62)/b7-5-,8-6-,13-11-,14-12-,19-17-,20-18-,23-22-,26-25-,29-28-,32-31-,37-35-,38-36-,43-41-,44-42-. The first-order valence-electron chi connectivity index (χ1n) is 24.6. The molecule has 2 unspecified atom stereocenters. The molecule has 10 heteroatoms. The number of rotatable bonds is 43. The van der Waals surface area contributed by atoms with Crippen molar-refractivity contribution >= 4 is 19.8 Å². The minimum absolute atomic E-state index is 0.0257. The van der Waals surface area contributed by atoms with Crippen molar-refractivity contribution in [3.63, 3.8) is 0 Å². The van der Waals surface area contributed by atoms with Gasteiger partial charge in [-0.1, -0.05) is 184 Å². The summed E-state index contributed by atoms with van der Waals surface area (Å²) in [4.78, 5) is 35.0. The third-order valence-corrected chi connectivity index (χ3v) is 10.1. The Kier molecular flexibility index (Phi) is 47.3. The quantitative estimate of drug-likeness (QED) is 0.0265. The van der Waals surface area contributed by atoms with E-state index < -0.39 is 32.5 Å². The summed E-state index contributed by atoms with van der Waals surface area (Å²) in [5, 5.41) is 0. The number of phosphoric acid groups is 1. The van der Waals surface area contributed by atoms with Gasteiger partial charge in [0, 0.05) is 19.4 Å². The molecule has 0 radical (unpaired) electrons. The topological polar surface area (TPSA) is 134 Å². The molecule has 0 bridgehead atoms. The van der Waals surface area contributed by atoms with Gasteiger partial charge in [-0.3, -0.25) is 18.6 Å². The van der Waals surface area contributed by atoms with E-state index in [1.165, 1.54) is 0 Å². The summed E-state index contributed by atoms with van der Waals surface area (Å²) in [5.41, 5.74) is 5.35. The average molecular weight is 944 g/mol. The molecule has 0 spiro atoms. The van der Waals surface area contributed by atoms with Gasteiger partial charge in [0.15, 0.2) is 6.10 Å². The van der Waals surface area contributed by atoms with Gasteiger partial charge in [0.1, 0.15) is 6.61 Å². The molecule has 3 N–H and O–H groups in total. The lowest BCUT2D eigenvalue weighted by Crippen LogP contribution is -2.29. The van der Waals surface area contributed by atoms with Crippen molar-refractivity contribution in [1.29, 1.82) is 0 Å². The van der Waals surface area contributed by atoms with Gasteiger partial charge in [0.25, 0.3) is 0 Å². The van der Waals surface area contributed by atoms with Gasteiger partial charge in [0.2, 0.25) is 0 Å². The third kappa shape index (κ3) is 50.6. The van der Waals surface area contributed by atoms with Gasteiger partial charge >= 0.3 is 19.8 Å². The molecule has 2 atom stereocenters. The molecule has 9 nitrogen and oxygen atoms in total. The third-order valence-electron chi connectivity index (χ3n) is 9.10. The van der Waals surface area contributed by atoms with Crippen molar-refractivity contribution in [1.82, 2.24) is 0 Å². The second kappa shape index (κ2) is 50.8. The summed E-state index contributed by atoms with van der Waals surface area (Å²) in [6, 6.07) is 0. The molecule has 0 aromatic carbocycles. The highest BCUT2D eigenvalue weighted by molar-refractivity contribution is 7.47. The van der Waals surface area contributed by atoms with E-state index in [2.05, 4.69) is 172 Å². The maximum absolute atomic E-state index is 12.6. The molecule has 372 valence electrons. The Balaban J connectivity index is 4.31. The highest BCUT2D eigenvalue weighted by Crippen LogP contribution is 2.43. The smallest absolute Gasteiger partial charge is 0.462 e. The van der Waals surface area contributed by atoms with Crippen LogP contribution in [0.2, 0.25) is 0 Å². The van der Waals surface area contributed by atoms with Gasteiger partial charge in [-0.15, -0.1) is 0 Å². The molecule has 0 aliphatic rings. The van der Waals surface area contributed by atoms with Crippen LogP contribution in [0.4, 0.5) is 0 Å². The number of allylic oxidation sites excluding steroid dienone is 28. The SMILES string of the molecule is CC/C=C\C/C=C\C/C=C\C/C=C\C/C=C\C/C=C\C/C=C\C/C=C\C/C=C\CCCC(=O)OC(COC(=O)CCC/C=C\C/C=C\C/C=C\C/C=C\C/C=C\CC)COP(=O)(O)OCCN. The zero-order chi connectivity index (χ0) is 48.8. The van der Waals surface area contributed by atoms with E-state index in [-0.39, 0.29) is 32.6 Å². The molecule has 0 rings (SSSR count). The zero-order valence-electron chi connectivity index (χ0n) is 41.0. The molecule has 0 aromatic rings. The number of carbonyl (C=O) groups is 2. The minimum Gasteiger partial charge on any atom is -0.462 e. The first kappa shape index (κ1) is 62.4. The summed E-state index contributed by atoms with van der Waals surface area (Å²) >= 11 is 0. The number of phosphoric ester groups is 1. The van der Waals surface area contributed by atoms with Crippen molar-refractivity contribution in [2.45, 2.75) is 148 Å². The molecular formula is C57H86NO8P. The molecule has 0 aromatic heterocycles. The van der Waals surface area contributed by atoms with Crippen LogP contribution < -0.4 is 5.73 Å². The maximum Gasteiger partial charge on any atom is 0.472 e. The van der Waals surface area contributed by atoms with Gasteiger partial charge < -0.3 is 20.1 Å². The van der Waals surface area contributed by atoms with Crippen LogP contribution in [-0.2, 0) is 32.7 Å². The molecule has 0 heterocycles. The monoisotopic (exact) mass is 944 g/mol. The largest absolute Gasteiger partial charge is 0.472 e. The number of ether oxygens (including phenoxy) is 2. The fourth-order valence-corrected chi connectivity index (χ4v) is 6.32. The number of hydrogen-bond donors (Lipinski definition) is 2.